The molecule has 1 aliphatic carbocycles. The van der Waals surface area contributed by atoms with Crippen LogP contribution in [0.5, 0.6) is 0 Å². The number of hydrogen-bond acceptors (Lipinski definition) is 1. The van der Waals surface area contributed by atoms with Crippen LogP contribution in [0, 0.1) is 23.7 Å². The summed E-state index contributed by atoms with van der Waals surface area (Å²) in [6.07, 6.45) is 4.79. The zero-order chi connectivity index (χ0) is 16.3. The Kier molecular flexibility index (Phi) is 5.69. The normalized spacial score (nSPS) is 26.2. The predicted molar refractivity (Wildman–Crippen MR) is 91.9 cm³/mol. The average molecular weight is 321 g/mol. The first kappa shape index (κ1) is 17.1. The Balaban J connectivity index is 2.48. The molecule has 0 aliphatic heterocycles. The van der Waals surface area contributed by atoms with Crippen LogP contribution in [0.1, 0.15) is 45.6 Å². The summed E-state index contributed by atoms with van der Waals surface area (Å²) < 4.78 is 0. The van der Waals surface area contributed by atoms with Crippen molar-refractivity contribution in [1.82, 2.24) is 0 Å². The second kappa shape index (κ2) is 7.32. The highest BCUT2D eigenvalue weighted by Crippen LogP contribution is 2.45. The van der Waals surface area contributed by atoms with Crippen LogP contribution in [0.4, 0.5) is 0 Å². The third-order valence-corrected chi connectivity index (χ3v) is 5.22. The number of rotatable bonds is 4. The number of carboxylic acids is 1. The number of benzene rings is 1. The van der Waals surface area contributed by atoms with E-state index >= 15 is 0 Å². The van der Waals surface area contributed by atoms with E-state index in [0.29, 0.717) is 22.8 Å². The Bertz CT molecular complexity index is 562. The molecule has 1 saturated carbocycles. The number of carbonyl (C=O) groups is 1. The van der Waals surface area contributed by atoms with E-state index in [1.54, 1.807) is 0 Å². The van der Waals surface area contributed by atoms with Crippen LogP contribution in [-0.4, -0.2) is 11.1 Å². The molecule has 1 aromatic rings. The predicted octanol–water partition coefficient (Wildman–Crippen LogP) is 5.52. The number of hydrogen-bond donors (Lipinski definition) is 1. The molecule has 0 bridgehead atoms. The summed E-state index contributed by atoms with van der Waals surface area (Å²) in [5.41, 5.74) is 1.76. The standard InChI is InChI=1S/C19H25ClO2/c1-12(2)14-9-8-13(3)10-16(14)17(11-19(21)22)15-6-4-5-7-18(15)20/h4-7,11-14,16H,8-10H2,1-3H3,(H,21,22)/b17-11-/t13-,14+,16-/m0/s1. The van der Waals surface area contributed by atoms with Crippen LogP contribution in [0.2, 0.25) is 5.02 Å². The molecule has 2 rings (SSSR count). The molecule has 1 N–H and O–H groups in total. The van der Waals surface area contributed by atoms with Gasteiger partial charge in [-0.2, -0.15) is 0 Å². The monoisotopic (exact) mass is 320 g/mol. The van der Waals surface area contributed by atoms with Crippen molar-refractivity contribution in [3.63, 3.8) is 0 Å². The van der Waals surface area contributed by atoms with E-state index in [1.165, 1.54) is 12.5 Å². The average Bonchev–Trinajstić information content (AvgIpc) is 2.45. The molecule has 0 heterocycles. The number of halogens is 1. The van der Waals surface area contributed by atoms with Crippen LogP contribution in [0.3, 0.4) is 0 Å². The molecule has 2 nitrogen and oxygen atoms in total. The minimum Gasteiger partial charge on any atom is -0.478 e. The van der Waals surface area contributed by atoms with Crippen molar-refractivity contribution in [3.05, 3.63) is 40.9 Å². The second-order valence-electron chi connectivity index (χ2n) is 6.85. The van der Waals surface area contributed by atoms with Crippen LogP contribution in [0.15, 0.2) is 30.3 Å². The molecule has 3 heteroatoms. The first-order chi connectivity index (χ1) is 10.4. The Hall–Kier alpha value is -1.28. The highest BCUT2D eigenvalue weighted by atomic mass is 35.5. The Morgan fingerprint density at radius 2 is 2.00 bits per heavy atom. The molecule has 0 radical (unpaired) electrons. The third kappa shape index (κ3) is 3.92. The van der Waals surface area contributed by atoms with Gasteiger partial charge >= 0.3 is 5.97 Å². The zero-order valence-corrected chi connectivity index (χ0v) is 14.3. The van der Waals surface area contributed by atoms with Crippen LogP contribution in [0.25, 0.3) is 5.57 Å². The van der Waals surface area contributed by atoms with Crippen LogP contribution in [-0.2, 0) is 4.79 Å². The van der Waals surface area contributed by atoms with Gasteiger partial charge in [0.2, 0.25) is 0 Å². The molecule has 0 amide bonds. The minimum atomic E-state index is -0.893. The van der Waals surface area contributed by atoms with Crippen molar-refractivity contribution in [2.75, 3.05) is 0 Å². The van der Waals surface area contributed by atoms with Gasteiger partial charge in [0, 0.05) is 11.1 Å². The van der Waals surface area contributed by atoms with Gasteiger partial charge in [-0.3, -0.25) is 0 Å². The fourth-order valence-electron chi connectivity index (χ4n) is 3.77. The van der Waals surface area contributed by atoms with Crippen molar-refractivity contribution in [2.45, 2.75) is 40.0 Å². The second-order valence-corrected chi connectivity index (χ2v) is 7.26. The zero-order valence-electron chi connectivity index (χ0n) is 13.6. The Morgan fingerprint density at radius 3 is 2.59 bits per heavy atom. The van der Waals surface area contributed by atoms with E-state index in [9.17, 15) is 9.90 Å². The van der Waals surface area contributed by atoms with Crippen molar-refractivity contribution < 1.29 is 9.90 Å². The lowest BCUT2D eigenvalue weighted by atomic mass is 9.66. The molecule has 1 aliphatic rings. The summed E-state index contributed by atoms with van der Waals surface area (Å²) >= 11 is 6.35. The third-order valence-electron chi connectivity index (χ3n) is 4.89. The lowest BCUT2D eigenvalue weighted by molar-refractivity contribution is -0.131. The molecule has 1 fully saturated rings. The van der Waals surface area contributed by atoms with Crippen molar-refractivity contribution in [3.8, 4) is 0 Å². The summed E-state index contributed by atoms with van der Waals surface area (Å²) in [7, 11) is 0. The first-order valence-corrected chi connectivity index (χ1v) is 8.47. The van der Waals surface area contributed by atoms with E-state index in [-0.39, 0.29) is 5.92 Å². The van der Waals surface area contributed by atoms with E-state index in [2.05, 4.69) is 20.8 Å². The quantitative estimate of drug-likeness (QED) is 0.742. The van der Waals surface area contributed by atoms with Gasteiger partial charge in [0.05, 0.1) is 0 Å². The Labute approximate surface area is 138 Å². The van der Waals surface area contributed by atoms with Crippen LogP contribution < -0.4 is 0 Å². The Morgan fingerprint density at radius 1 is 1.32 bits per heavy atom. The topological polar surface area (TPSA) is 37.3 Å². The molecule has 1 aromatic carbocycles. The van der Waals surface area contributed by atoms with E-state index in [4.69, 9.17) is 11.6 Å². The molecule has 120 valence electrons. The fraction of sp³-hybridized carbons (Fsp3) is 0.526. The first-order valence-electron chi connectivity index (χ1n) is 8.09. The van der Waals surface area contributed by atoms with Gasteiger partial charge in [-0.05, 0) is 53.7 Å². The summed E-state index contributed by atoms with van der Waals surface area (Å²) in [5, 5.41) is 9.97. The maximum Gasteiger partial charge on any atom is 0.328 e. The summed E-state index contributed by atoms with van der Waals surface area (Å²) in [4.78, 5) is 11.4. The highest BCUT2D eigenvalue weighted by Gasteiger charge is 2.34. The number of aliphatic carboxylic acids is 1. The summed E-state index contributed by atoms with van der Waals surface area (Å²) in [5.74, 6) is 1.05. The highest BCUT2D eigenvalue weighted by molar-refractivity contribution is 6.32. The van der Waals surface area contributed by atoms with Gasteiger partial charge in [0.1, 0.15) is 0 Å². The molecule has 0 aromatic heterocycles. The molecular formula is C19H25ClO2. The van der Waals surface area contributed by atoms with Crippen molar-refractivity contribution in [2.24, 2.45) is 23.7 Å². The van der Waals surface area contributed by atoms with Gasteiger partial charge in [0.15, 0.2) is 0 Å². The number of carboxylic acid groups (broad SMARTS) is 1. The molecule has 0 spiro atoms. The van der Waals surface area contributed by atoms with E-state index < -0.39 is 5.97 Å². The molecule has 0 saturated heterocycles. The van der Waals surface area contributed by atoms with Crippen LogP contribution >= 0.6 is 11.6 Å². The largest absolute Gasteiger partial charge is 0.478 e. The lowest BCUT2D eigenvalue weighted by Gasteiger charge is -2.39. The van der Waals surface area contributed by atoms with Crippen molar-refractivity contribution >= 4 is 23.1 Å². The van der Waals surface area contributed by atoms with Gasteiger partial charge in [0.25, 0.3) is 0 Å². The fourth-order valence-corrected chi connectivity index (χ4v) is 4.02. The molecule has 3 atom stereocenters. The number of allylic oxidation sites excluding steroid dienone is 1. The van der Waals surface area contributed by atoms with Gasteiger partial charge in [-0.25, -0.2) is 4.79 Å². The minimum absolute atomic E-state index is 0.264. The maximum absolute atomic E-state index is 11.4. The molecular weight excluding hydrogens is 296 g/mol. The summed E-state index contributed by atoms with van der Waals surface area (Å²) in [6.45, 7) is 6.73. The van der Waals surface area contributed by atoms with E-state index in [0.717, 1.165) is 24.0 Å². The van der Waals surface area contributed by atoms with Gasteiger partial charge in [-0.15, -0.1) is 0 Å². The van der Waals surface area contributed by atoms with E-state index in [1.807, 2.05) is 24.3 Å². The van der Waals surface area contributed by atoms with Gasteiger partial charge in [-0.1, -0.05) is 57.0 Å². The summed E-state index contributed by atoms with van der Waals surface area (Å²) in [6, 6.07) is 7.58. The molecule has 0 unspecified atom stereocenters. The van der Waals surface area contributed by atoms with Gasteiger partial charge < -0.3 is 5.11 Å². The lowest BCUT2D eigenvalue weighted by Crippen LogP contribution is -2.29. The molecule has 22 heavy (non-hydrogen) atoms. The van der Waals surface area contributed by atoms with Crippen molar-refractivity contribution in [1.29, 1.82) is 0 Å². The maximum atomic E-state index is 11.4. The SMILES string of the molecule is CC(C)[C@H]1CC[C@H](C)C[C@@H]1/C(=C\C(=O)O)c1ccccc1Cl. The smallest absolute Gasteiger partial charge is 0.328 e.